The summed E-state index contributed by atoms with van der Waals surface area (Å²) in [6.45, 7) is 1.12. The van der Waals surface area contributed by atoms with Gasteiger partial charge in [0.2, 0.25) is 11.7 Å². The van der Waals surface area contributed by atoms with E-state index in [1.54, 1.807) is 0 Å². The van der Waals surface area contributed by atoms with Crippen LogP contribution in [0.15, 0.2) is 53.9 Å². The highest BCUT2D eigenvalue weighted by Crippen LogP contribution is 2.33. The van der Waals surface area contributed by atoms with Crippen LogP contribution in [0.1, 0.15) is 24.7 Å². The van der Waals surface area contributed by atoms with E-state index >= 15 is 0 Å². The Morgan fingerprint density at radius 2 is 1.79 bits per heavy atom. The number of aromatic nitrogens is 3. The topological polar surface area (TPSA) is 131 Å². The van der Waals surface area contributed by atoms with Gasteiger partial charge >= 0.3 is 6.18 Å². The Hall–Kier alpha value is -3.72. The second-order valence-corrected chi connectivity index (χ2v) is 10.4. The smallest absolute Gasteiger partial charge is 0.398 e. The van der Waals surface area contributed by atoms with E-state index in [1.165, 1.54) is 25.1 Å². The molecule has 3 atom stereocenters. The SMILES string of the molecule is C[C@H]1[C@H](F)C[C@@H](C(=O)NCc2cc(-c3cnc(C(F)(F)F)nc3)ccc2N)N1S(=O)(=O)c1ccc(F)cn1. The van der Waals surface area contributed by atoms with Crippen LogP contribution in [0.4, 0.5) is 27.6 Å². The minimum absolute atomic E-state index is 0.190. The van der Waals surface area contributed by atoms with Crippen molar-refractivity contribution in [2.75, 3.05) is 5.73 Å². The van der Waals surface area contributed by atoms with Gasteiger partial charge in [-0.3, -0.25) is 4.79 Å². The van der Waals surface area contributed by atoms with Crippen molar-refractivity contribution in [3.8, 4) is 11.1 Å². The molecule has 3 N–H and O–H groups in total. The van der Waals surface area contributed by atoms with Crippen molar-refractivity contribution in [2.45, 2.75) is 49.3 Å². The Morgan fingerprint density at radius 1 is 1.11 bits per heavy atom. The van der Waals surface area contributed by atoms with Gasteiger partial charge in [-0.05, 0) is 42.3 Å². The molecule has 1 amide bonds. The third-order valence-electron chi connectivity index (χ3n) is 6.06. The molecule has 1 aliphatic heterocycles. The standard InChI is InChI=1S/C23H21F5N6O3S/c1-12-17(25)7-19(34(12)38(36,37)20-5-3-16(24)11-30-20)21(35)31-8-14-6-13(2-4-18(14)29)15-9-32-22(33-10-15)23(26,27)28/h2-6,9-12,17,19H,7-8,29H2,1H3,(H,31,35)/t12-,17+,19-/m0/s1. The van der Waals surface area contributed by atoms with Crippen molar-refractivity contribution in [1.82, 2.24) is 24.6 Å². The number of amides is 1. The molecule has 4 rings (SSSR count). The summed E-state index contributed by atoms with van der Waals surface area (Å²) in [4.78, 5) is 23.2. The average molecular weight is 557 g/mol. The van der Waals surface area contributed by atoms with E-state index in [2.05, 4.69) is 20.3 Å². The molecule has 1 saturated heterocycles. The van der Waals surface area contributed by atoms with Gasteiger partial charge in [-0.1, -0.05) is 6.07 Å². The quantitative estimate of drug-likeness (QED) is 0.352. The zero-order valence-corrected chi connectivity index (χ0v) is 20.5. The Labute approximate surface area is 214 Å². The van der Waals surface area contributed by atoms with E-state index in [4.69, 9.17) is 5.73 Å². The molecule has 0 aliphatic carbocycles. The number of nitrogens with two attached hydrogens (primary N) is 1. The maximum absolute atomic E-state index is 14.6. The van der Waals surface area contributed by atoms with Gasteiger partial charge < -0.3 is 11.1 Å². The molecular weight excluding hydrogens is 535 g/mol. The summed E-state index contributed by atoms with van der Waals surface area (Å²) in [5, 5.41) is 2.01. The molecule has 0 radical (unpaired) electrons. The number of nitrogen functional groups attached to an aromatic ring is 1. The summed E-state index contributed by atoms with van der Waals surface area (Å²) in [6, 6.07) is 3.73. The molecule has 0 unspecified atom stereocenters. The van der Waals surface area contributed by atoms with Gasteiger partial charge in [0.05, 0.1) is 12.2 Å². The number of benzene rings is 1. The van der Waals surface area contributed by atoms with Crippen LogP contribution in [-0.4, -0.2) is 51.8 Å². The van der Waals surface area contributed by atoms with E-state index in [0.29, 0.717) is 21.6 Å². The van der Waals surface area contributed by atoms with Crippen LogP contribution in [0.25, 0.3) is 11.1 Å². The predicted molar refractivity (Wildman–Crippen MR) is 125 cm³/mol. The van der Waals surface area contributed by atoms with E-state index in [1.807, 2.05) is 0 Å². The van der Waals surface area contributed by atoms with Gasteiger partial charge in [-0.25, -0.2) is 32.2 Å². The second kappa shape index (κ2) is 10.2. The van der Waals surface area contributed by atoms with Gasteiger partial charge in [-0.2, -0.15) is 17.5 Å². The van der Waals surface area contributed by atoms with E-state index in [0.717, 1.165) is 24.5 Å². The molecule has 38 heavy (non-hydrogen) atoms. The van der Waals surface area contributed by atoms with Crippen molar-refractivity contribution in [3.05, 3.63) is 66.1 Å². The summed E-state index contributed by atoms with van der Waals surface area (Å²) < 4.78 is 93.0. The third-order valence-corrected chi connectivity index (χ3v) is 7.97. The van der Waals surface area contributed by atoms with Crippen molar-refractivity contribution >= 4 is 21.6 Å². The number of halogens is 5. The molecule has 1 aliphatic rings. The molecule has 0 bridgehead atoms. The minimum Gasteiger partial charge on any atom is -0.398 e. The van der Waals surface area contributed by atoms with Crippen LogP contribution in [0.3, 0.4) is 0 Å². The Morgan fingerprint density at radius 3 is 2.39 bits per heavy atom. The summed E-state index contributed by atoms with van der Waals surface area (Å²) in [5.41, 5.74) is 7.27. The van der Waals surface area contributed by atoms with Crippen LogP contribution >= 0.6 is 0 Å². The summed E-state index contributed by atoms with van der Waals surface area (Å²) in [7, 11) is -4.44. The van der Waals surface area contributed by atoms with E-state index < -0.39 is 63.5 Å². The first-order chi connectivity index (χ1) is 17.8. The average Bonchev–Trinajstić information content (AvgIpc) is 3.18. The molecule has 15 heteroatoms. The molecular formula is C23H21F5N6O3S. The normalized spacial score (nSPS) is 20.4. The van der Waals surface area contributed by atoms with Crippen molar-refractivity contribution in [2.24, 2.45) is 0 Å². The number of nitrogens with zero attached hydrogens (tertiary/aromatic N) is 4. The first-order valence-electron chi connectivity index (χ1n) is 11.1. The summed E-state index contributed by atoms with van der Waals surface area (Å²) >= 11 is 0. The molecule has 3 aromatic rings. The van der Waals surface area contributed by atoms with Gasteiger partial charge in [0, 0.05) is 36.6 Å². The first kappa shape index (κ1) is 27.3. The molecule has 2 aromatic heterocycles. The highest BCUT2D eigenvalue weighted by molar-refractivity contribution is 7.89. The Bertz CT molecular complexity index is 1440. The number of hydrogen-bond donors (Lipinski definition) is 2. The molecule has 0 spiro atoms. The molecule has 1 fully saturated rings. The number of carbonyl (C=O) groups excluding carboxylic acids is 1. The Balaban J connectivity index is 1.53. The zero-order chi connectivity index (χ0) is 27.8. The molecule has 1 aromatic carbocycles. The number of hydrogen-bond acceptors (Lipinski definition) is 7. The number of anilines is 1. The molecule has 3 heterocycles. The number of carbonyl (C=O) groups is 1. The molecule has 0 saturated carbocycles. The number of rotatable bonds is 6. The largest absolute Gasteiger partial charge is 0.451 e. The van der Waals surface area contributed by atoms with Crippen LogP contribution in [0, 0.1) is 5.82 Å². The number of sulfonamides is 1. The van der Waals surface area contributed by atoms with Crippen LogP contribution < -0.4 is 11.1 Å². The van der Waals surface area contributed by atoms with Crippen LogP contribution in [0.5, 0.6) is 0 Å². The second-order valence-electron chi connectivity index (χ2n) is 8.58. The van der Waals surface area contributed by atoms with Crippen LogP contribution in [-0.2, 0) is 27.5 Å². The minimum atomic E-state index is -4.69. The lowest BCUT2D eigenvalue weighted by atomic mass is 10.0. The molecule has 202 valence electrons. The lowest BCUT2D eigenvalue weighted by molar-refractivity contribution is -0.145. The third kappa shape index (κ3) is 5.43. The monoisotopic (exact) mass is 556 g/mol. The van der Waals surface area contributed by atoms with Gasteiger partial charge in [0.15, 0.2) is 5.03 Å². The maximum Gasteiger partial charge on any atom is 0.451 e. The lowest BCUT2D eigenvalue weighted by Crippen LogP contribution is -2.48. The zero-order valence-electron chi connectivity index (χ0n) is 19.7. The fraction of sp³-hybridized carbons (Fsp3) is 0.304. The van der Waals surface area contributed by atoms with Crippen molar-refractivity contribution in [1.29, 1.82) is 0 Å². The highest BCUT2D eigenvalue weighted by atomic mass is 32.2. The summed E-state index contributed by atoms with van der Waals surface area (Å²) in [5.74, 6) is -2.86. The van der Waals surface area contributed by atoms with Gasteiger partial charge in [-0.15, -0.1) is 0 Å². The van der Waals surface area contributed by atoms with Crippen molar-refractivity contribution in [3.63, 3.8) is 0 Å². The predicted octanol–water partition coefficient (Wildman–Crippen LogP) is 3.08. The van der Waals surface area contributed by atoms with Gasteiger partial charge in [0.25, 0.3) is 10.0 Å². The summed E-state index contributed by atoms with van der Waals surface area (Å²) in [6.07, 6.45) is -4.05. The molecule has 9 nitrogen and oxygen atoms in total. The maximum atomic E-state index is 14.6. The lowest BCUT2D eigenvalue weighted by Gasteiger charge is -2.26. The van der Waals surface area contributed by atoms with E-state index in [9.17, 15) is 35.2 Å². The fourth-order valence-corrected chi connectivity index (χ4v) is 5.78. The van der Waals surface area contributed by atoms with Crippen LogP contribution in [0.2, 0.25) is 0 Å². The van der Waals surface area contributed by atoms with Gasteiger partial charge in [0.1, 0.15) is 18.0 Å². The number of nitrogens with one attached hydrogen (secondary N) is 1. The number of pyridine rings is 1. The highest BCUT2D eigenvalue weighted by Gasteiger charge is 2.49. The fourth-order valence-electron chi connectivity index (χ4n) is 4.05. The Kier molecular flexibility index (Phi) is 7.34. The van der Waals surface area contributed by atoms with Crippen molar-refractivity contribution < 1.29 is 35.2 Å². The van der Waals surface area contributed by atoms with E-state index in [-0.39, 0.29) is 17.8 Å². The number of alkyl halides is 4. The first-order valence-corrected chi connectivity index (χ1v) is 12.6.